The van der Waals surface area contributed by atoms with Gasteiger partial charge < -0.3 is 4.74 Å². The first-order valence-electron chi connectivity index (χ1n) is 5.69. The van der Waals surface area contributed by atoms with E-state index in [1.54, 1.807) is 12.4 Å². The Balaban J connectivity index is 2.13. The van der Waals surface area contributed by atoms with Gasteiger partial charge in [-0.05, 0) is 25.7 Å². The van der Waals surface area contributed by atoms with Gasteiger partial charge in [-0.1, -0.05) is 0 Å². The Hall–Kier alpha value is -1.04. The molecule has 1 fully saturated rings. The highest BCUT2D eigenvalue weighted by Crippen LogP contribution is 2.39. The van der Waals surface area contributed by atoms with Crippen LogP contribution in [0.25, 0.3) is 0 Å². The molecule has 2 rings (SSSR count). The van der Waals surface area contributed by atoms with E-state index >= 15 is 0 Å². The van der Waals surface area contributed by atoms with Gasteiger partial charge in [0.25, 0.3) is 0 Å². The summed E-state index contributed by atoms with van der Waals surface area (Å²) in [5.41, 5.74) is 3.80. The second kappa shape index (κ2) is 5.34. The second-order valence-electron chi connectivity index (χ2n) is 4.07. The summed E-state index contributed by atoms with van der Waals surface area (Å²) in [6.45, 7) is 2.71. The number of hydrazine groups is 1. The average molecular weight is 222 g/mol. The highest BCUT2D eigenvalue weighted by Gasteiger charge is 2.37. The lowest BCUT2D eigenvalue weighted by molar-refractivity contribution is 0.0184. The van der Waals surface area contributed by atoms with E-state index in [4.69, 9.17) is 10.6 Å². The van der Waals surface area contributed by atoms with Crippen molar-refractivity contribution in [1.82, 2.24) is 15.4 Å². The fraction of sp³-hybridized carbons (Fsp3) is 0.636. The summed E-state index contributed by atoms with van der Waals surface area (Å²) < 4.78 is 5.78. The Morgan fingerprint density at radius 1 is 1.50 bits per heavy atom. The van der Waals surface area contributed by atoms with Gasteiger partial charge in [0.1, 0.15) is 6.33 Å². The molecule has 2 atom stereocenters. The molecule has 1 aromatic rings. The molecule has 16 heavy (non-hydrogen) atoms. The van der Waals surface area contributed by atoms with Gasteiger partial charge in [0.2, 0.25) is 0 Å². The number of hydrogen-bond acceptors (Lipinski definition) is 5. The van der Waals surface area contributed by atoms with Crippen molar-refractivity contribution in [3.05, 3.63) is 24.3 Å². The third kappa shape index (κ3) is 2.55. The Morgan fingerprint density at radius 3 is 2.69 bits per heavy atom. The van der Waals surface area contributed by atoms with E-state index in [0.29, 0.717) is 12.5 Å². The molecule has 5 heteroatoms. The van der Waals surface area contributed by atoms with Crippen LogP contribution in [0, 0.1) is 5.92 Å². The minimum atomic E-state index is -0.0198. The fourth-order valence-electron chi connectivity index (χ4n) is 1.97. The molecular formula is C11H18N4O. The van der Waals surface area contributed by atoms with Crippen LogP contribution in [0.1, 0.15) is 31.4 Å². The highest BCUT2D eigenvalue weighted by molar-refractivity contribution is 5.12. The summed E-state index contributed by atoms with van der Waals surface area (Å²) in [6, 6.07) is -0.0198. The monoisotopic (exact) mass is 222 g/mol. The molecule has 0 aliphatic heterocycles. The average Bonchev–Trinajstić information content (AvgIpc) is 3.14. The first-order chi connectivity index (χ1) is 7.86. The zero-order chi connectivity index (χ0) is 11.4. The van der Waals surface area contributed by atoms with Crippen molar-refractivity contribution in [3.8, 4) is 0 Å². The molecule has 0 saturated heterocycles. The number of nitrogens with two attached hydrogens (primary N) is 1. The SMILES string of the molecule is CCOC(C1CC1)C(NN)c1cncnc1. The summed E-state index contributed by atoms with van der Waals surface area (Å²) in [5, 5.41) is 0. The van der Waals surface area contributed by atoms with E-state index in [0.717, 1.165) is 5.56 Å². The molecule has 3 N–H and O–H groups in total. The van der Waals surface area contributed by atoms with E-state index in [9.17, 15) is 0 Å². The third-order valence-electron chi connectivity index (χ3n) is 2.89. The highest BCUT2D eigenvalue weighted by atomic mass is 16.5. The van der Waals surface area contributed by atoms with Crippen LogP contribution in [0.4, 0.5) is 0 Å². The minimum absolute atomic E-state index is 0.0198. The number of hydrogen-bond donors (Lipinski definition) is 2. The van der Waals surface area contributed by atoms with Crippen LogP contribution in [0.2, 0.25) is 0 Å². The molecule has 1 aromatic heterocycles. The van der Waals surface area contributed by atoms with Crippen molar-refractivity contribution >= 4 is 0 Å². The summed E-state index contributed by atoms with van der Waals surface area (Å²) >= 11 is 0. The van der Waals surface area contributed by atoms with Crippen LogP contribution in [0.3, 0.4) is 0 Å². The van der Waals surface area contributed by atoms with Crippen LogP contribution in [0.5, 0.6) is 0 Å². The molecular weight excluding hydrogens is 204 g/mol. The van der Waals surface area contributed by atoms with Gasteiger partial charge in [-0.25, -0.2) is 9.97 Å². The molecule has 0 bridgehead atoms. The Labute approximate surface area is 95.4 Å². The third-order valence-corrected chi connectivity index (χ3v) is 2.89. The predicted molar refractivity (Wildman–Crippen MR) is 60.2 cm³/mol. The van der Waals surface area contributed by atoms with E-state index in [-0.39, 0.29) is 12.1 Å². The number of rotatable bonds is 6. The van der Waals surface area contributed by atoms with E-state index in [2.05, 4.69) is 15.4 Å². The number of aromatic nitrogens is 2. The van der Waals surface area contributed by atoms with Crippen molar-refractivity contribution < 1.29 is 4.74 Å². The van der Waals surface area contributed by atoms with E-state index in [1.807, 2.05) is 6.92 Å². The first kappa shape index (κ1) is 11.4. The van der Waals surface area contributed by atoms with Crippen molar-refractivity contribution in [1.29, 1.82) is 0 Å². The van der Waals surface area contributed by atoms with Crippen LogP contribution in [-0.2, 0) is 4.74 Å². The summed E-state index contributed by atoms with van der Waals surface area (Å²) in [5.74, 6) is 6.23. The molecule has 1 aliphatic carbocycles. The van der Waals surface area contributed by atoms with Crippen molar-refractivity contribution in [2.24, 2.45) is 11.8 Å². The Bertz CT molecular complexity index is 315. The van der Waals surface area contributed by atoms with Gasteiger partial charge in [0, 0.05) is 24.6 Å². The quantitative estimate of drug-likeness (QED) is 0.550. The van der Waals surface area contributed by atoms with Crippen LogP contribution in [-0.4, -0.2) is 22.7 Å². The molecule has 5 nitrogen and oxygen atoms in total. The fourth-order valence-corrected chi connectivity index (χ4v) is 1.97. The van der Waals surface area contributed by atoms with Crippen LogP contribution < -0.4 is 11.3 Å². The molecule has 88 valence electrons. The van der Waals surface area contributed by atoms with E-state index < -0.39 is 0 Å². The largest absolute Gasteiger partial charge is 0.376 e. The predicted octanol–water partition coefficient (Wildman–Crippen LogP) is 0.796. The minimum Gasteiger partial charge on any atom is -0.376 e. The lowest BCUT2D eigenvalue weighted by atomic mass is 10.0. The lowest BCUT2D eigenvalue weighted by Gasteiger charge is -2.26. The second-order valence-corrected chi connectivity index (χ2v) is 4.07. The number of ether oxygens (including phenoxy) is 1. The number of nitrogens with zero attached hydrogens (tertiary/aromatic N) is 2. The number of nitrogens with one attached hydrogen (secondary N) is 1. The summed E-state index contributed by atoms with van der Waals surface area (Å²) in [4.78, 5) is 8.03. The normalized spacial score (nSPS) is 19.4. The maximum absolute atomic E-state index is 5.78. The molecule has 0 amide bonds. The van der Waals surface area contributed by atoms with E-state index in [1.165, 1.54) is 19.2 Å². The molecule has 0 spiro atoms. The van der Waals surface area contributed by atoms with Gasteiger partial charge in [0.15, 0.2) is 0 Å². The van der Waals surface area contributed by atoms with Crippen molar-refractivity contribution in [3.63, 3.8) is 0 Å². The topological polar surface area (TPSA) is 73.1 Å². The molecule has 0 aromatic carbocycles. The molecule has 0 radical (unpaired) electrons. The maximum Gasteiger partial charge on any atom is 0.115 e. The van der Waals surface area contributed by atoms with Crippen LogP contribution >= 0.6 is 0 Å². The Kier molecular flexibility index (Phi) is 3.82. The standard InChI is InChI=1S/C11H18N4O/c1-2-16-11(8-3-4-8)10(15-12)9-5-13-7-14-6-9/h5-8,10-11,15H,2-4,12H2,1H3. The first-order valence-corrected chi connectivity index (χ1v) is 5.69. The molecule has 1 heterocycles. The van der Waals surface area contributed by atoms with Crippen molar-refractivity contribution in [2.45, 2.75) is 31.9 Å². The van der Waals surface area contributed by atoms with Gasteiger partial charge >= 0.3 is 0 Å². The van der Waals surface area contributed by atoms with Crippen molar-refractivity contribution in [2.75, 3.05) is 6.61 Å². The van der Waals surface area contributed by atoms with Crippen LogP contribution in [0.15, 0.2) is 18.7 Å². The van der Waals surface area contributed by atoms with Gasteiger partial charge in [-0.3, -0.25) is 11.3 Å². The summed E-state index contributed by atoms with van der Waals surface area (Å²) in [7, 11) is 0. The lowest BCUT2D eigenvalue weighted by Crippen LogP contribution is -2.39. The maximum atomic E-state index is 5.78. The molecule has 2 unspecified atom stereocenters. The van der Waals surface area contributed by atoms with Gasteiger partial charge in [-0.2, -0.15) is 0 Å². The zero-order valence-electron chi connectivity index (χ0n) is 9.47. The molecule has 1 saturated carbocycles. The summed E-state index contributed by atoms with van der Waals surface area (Å²) in [6.07, 6.45) is 7.65. The van der Waals surface area contributed by atoms with Gasteiger partial charge in [-0.15, -0.1) is 0 Å². The zero-order valence-corrected chi connectivity index (χ0v) is 9.47. The Morgan fingerprint density at radius 2 is 2.19 bits per heavy atom. The molecule has 1 aliphatic rings. The smallest absolute Gasteiger partial charge is 0.115 e. The van der Waals surface area contributed by atoms with Gasteiger partial charge in [0.05, 0.1) is 12.1 Å².